The maximum Gasteiger partial charge on any atom is 0.255 e. The topological polar surface area (TPSA) is 54.3 Å². The molecule has 6 heteroatoms. The van der Waals surface area contributed by atoms with E-state index in [0.717, 1.165) is 67.4 Å². The molecule has 1 amide bonds. The maximum absolute atomic E-state index is 13.6. The highest BCUT2D eigenvalue weighted by Crippen LogP contribution is 2.35. The van der Waals surface area contributed by atoms with Crippen molar-refractivity contribution in [2.75, 3.05) is 20.1 Å². The quantitative estimate of drug-likeness (QED) is 0.691. The van der Waals surface area contributed by atoms with Crippen LogP contribution in [0.2, 0.25) is 0 Å². The second kappa shape index (κ2) is 7.44. The molecule has 3 aromatic rings. The first-order valence-corrected chi connectivity index (χ1v) is 10.3. The van der Waals surface area contributed by atoms with Crippen molar-refractivity contribution in [3.63, 3.8) is 0 Å². The van der Waals surface area contributed by atoms with Crippen molar-refractivity contribution < 1.29 is 4.79 Å². The normalized spacial score (nSPS) is 19.3. The van der Waals surface area contributed by atoms with Crippen molar-refractivity contribution in [2.24, 2.45) is 0 Å². The van der Waals surface area contributed by atoms with Crippen LogP contribution in [0.4, 0.5) is 0 Å². The fraction of sp³-hybridized carbons (Fsp3) is 0.348. The molecule has 29 heavy (non-hydrogen) atoms. The Hall–Kier alpha value is -2.99. The van der Waals surface area contributed by atoms with Crippen LogP contribution < -0.4 is 0 Å². The standard InChI is InChI=1S/C23H25N5O/c1-26-14-15-28-21(16-26)24-25-22(28)20-12-7-13-27(20)23(29)19-11-6-5-10-18(19)17-8-3-2-4-9-17/h2-6,8-11,20H,7,12-16H2,1H3/t20-/m0/s1. The number of benzene rings is 2. The molecular formula is C23H25N5O. The minimum atomic E-state index is -0.00372. The van der Waals surface area contributed by atoms with Gasteiger partial charge in [-0.1, -0.05) is 48.5 Å². The van der Waals surface area contributed by atoms with Crippen LogP contribution in [-0.2, 0) is 13.1 Å². The summed E-state index contributed by atoms with van der Waals surface area (Å²) in [6.45, 7) is 3.43. The first-order chi connectivity index (χ1) is 14.2. The van der Waals surface area contributed by atoms with Crippen molar-refractivity contribution in [3.8, 4) is 11.1 Å². The van der Waals surface area contributed by atoms with E-state index in [1.165, 1.54) is 0 Å². The largest absolute Gasteiger partial charge is 0.328 e. The Kier molecular flexibility index (Phi) is 4.64. The molecular weight excluding hydrogens is 362 g/mol. The summed E-state index contributed by atoms with van der Waals surface area (Å²) in [4.78, 5) is 17.9. The van der Waals surface area contributed by atoms with E-state index in [-0.39, 0.29) is 11.9 Å². The number of likely N-dealkylation sites (N-methyl/N-ethyl adjacent to an activating group) is 1. The summed E-state index contributed by atoms with van der Waals surface area (Å²) < 4.78 is 2.22. The fourth-order valence-electron chi connectivity index (χ4n) is 4.52. The molecule has 2 aliphatic heterocycles. The van der Waals surface area contributed by atoms with Crippen molar-refractivity contribution in [1.29, 1.82) is 0 Å². The molecule has 0 bridgehead atoms. The Morgan fingerprint density at radius 3 is 2.62 bits per heavy atom. The van der Waals surface area contributed by atoms with E-state index in [4.69, 9.17) is 0 Å². The second-order valence-electron chi connectivity index (χ2n) is 7.93. The number of hydrogen-bond acceptors (Lipinski definition) is 4. The summed E-state index contributed by atoms with van der Waals surface area (Å²) in [5.41, 5.74) is 2.80. The summed E-state index contributed by atoms with van der Waals surface area (Å²) in [6.07, 6.45) is 1.93. The molecule has 2 aromatic carbocycles. The number of carbonyl (C=O) groups excluding carboxylic acids is 1. The molecule has 6 nitrogen and oxygen atoms in total. The van der Waals surface area contributed by atoms with Crippen LogP contribution in [0, 0.1) is 0 Å². The van der Waals surface area contributed by atoms with E-state index < -0.39 is 0 Å². The Labute approximate surface area is 170 Å². The van der Waals surface area contributed by atoms with Gasteiger partial charge in [-0.15, -0.1) is 10.2 Å². The third-order valence-corrected chi connectivity index (χ3v) is 6.03. The lowest BCUT2D eigenvalue weighted by molar-refractivity contribution is 0.0726. The van der Waals surface area contributed by atoms with Crippen molar-refractivity contribution in [2.45, 2.75) is 32.0 Å². The summed E-state index contributed by atoms with van der Waals surface area (Å²) in [6, 6.07) is 18.0. The number of amides is 1. The molecule has 1 fully saturated rings. The number of likely N-dealkylation sites (tertiary alicyclic amines) is 1. The smallest absolute Gasteiger partial charge is 0.255 e. The van der Waals surface area contributed by atoms with Crippen LogP contribution in [0.1, 0.15) is 40.9 Å². The number of nitrogens with zero attached hydrogens (tertiary/aromatic N) is 5. The molecule has 1 atom stereocenters. The predicted octanol–water partition coefficient (Wildman–Crippen LogP) is 3.37. The molecule has 3 heterocycles. The Morgan fingerprint density at radius 2 is 1.76 bits per heavy atom. The lowest BCUT2D eigenvalue weighted by atomic mass is 9.98. The molecule has 1 saturated heterocycles. The molecule has 0 aliphatic carbocycles. The zero-order valence-electron chi connectivity index (χ0n) is 16.7. The number of rotatable bonds is 3. The zero-order valence-corrected chi connectivity index (χ0v) is 16.7. The van der Waals surface area contributed by atoms with Gasteiger partial charge in [-0.05, 0) is 37.1 Å². The molecule has 148 valence electrons. The van der Waals surface area contributed by atoms with Crippen LogP contribution >= 0.6 is 0 Å². The maximum atomic E-state index is 13.6. The van der Waals surface area contributed by atoms with Gasteiger partial charge < -0.3 is 9.47 Å². The van der Waals surface area contributed by atoms with E-state index in [2.05, 4.69) is 38.8 Å². The van der Waals surface area contributed by atoms with Gasteiger partial charge in [-0.2, -0.15) is 0 Å². The number of fused-ring (bicyclic) bond motifs is 1. The lowest BCUT2D eigenvalue weighted by Gasteiger charge is -2.28. The summed E-state index contributed by atoms with van der Waals surface area (Å²) >= 11 is 0. The molecule has 0 N–H and O–H groups in total. The number of hydrogen-bond donors (Lipinski definition) is 0. The van der Waals surface area contributed by atoms with Gasteiger partial charge in [0.1, 0.15) is 5.82 Å². The summed E-state index contributed by atoms with van der Waals surface area (Å²) in [5, 5.41) is 8.93. The number of aromatic nitrogens is 3. The van der Waals surface area contributed by atoms with E-state index in [9.17, 15) is 4.79 Å². The van der Waals surface area contributed by atoms with Gasteiger partial charge in [0, 0.05) is 25.2 Å². The van der Waals surface area contributed by atoms with Gasteiger partial charge in [0.15, 0.2) is 5.82 Å². The van der Waals surface area contributed by atoms with Crippen LogP contribution in [0.15, 0.2) is 54.6 Å². The highest BCUT2D eigenvalue weighted by atomic mass is 16.2. The SMILES string of the molecule is CN1CCn2c(nnc2[C@@H]2CCCN2C(=O)c2ccccc2-c2ccccc2)C1. The molecule has 0 saturated carbocycles. The average Bonchev–Trinajstić information content (AvgIpc) is 3.40. The third-order valence-electron chi connectivity index (χ3n) is 6.03. The van der Waals surface area contributed by atoms with Gasteiger partial charge in [-0.25, -0.2) is 0 Å². The van der Waals surface area contributed by atoms with Gasteiger partial charge in [0.05, 0.1) is 12.6 Å². The average molecular weight is 387 g/mol. The first-order valence-electron chi connectivity index (χ1n) is 10.3. The zero-order chi connectivity index (χ0) is 19.8. The van der Waals surface area contributed by atoms with Crippen LogP contribution in [0.5, 0.6) is 0 Å². The van der Waals surface area contributed by atoms with Crippen LogP contribution in [-0.4, -0.2) is 50.6 Å². The summed E-state index contributed by atoms with van der Waals surface area (Å²) in [5.74, 6) is 2.02. The van der Waals surface area contributed by atoms with E-state index in [1.807, 2.05) is 47.4 Å². The van der Waals surface area contributed by atoms with E-state index in [0.29, 0.717) is 0 Å². The predicted molar refractivity (Wildman–Crippen MR) is 111 cm³/mol. The third kappa shape index (κ3) is 3.23. The Bertz CT molecular complexity index is 1030. The summed E-state index contributed by atoms with van der Waals surface area (Å²) in [7, 11) is 2.10. The lowest BCUT2D eigenvalue weighted by Crippen LogP contribution is -2.35. The molecule has 2 aliphatic rings. The van der Waals surface area contributed by atoms with Crippen molar-refractivity contribution in [3.05, 3.63) is 71.8 Å². The molecule has 0 radical (unpaired) electrons. The molecule has 0 unspecified atom stereocenters. The van der Waals surface area contributed by atoms with Crippen LogP contribution in [0.25, 0.3) is 11.1 Å². The van der Waals surface area contributed by atoms with E-state index in [1.54, 1.807) is 0 Å². The minimum Gasteiger partial charge on any atom is -0.328 e. The minimum absolute atomic E-state index is 0.00372. The molecule has 1 aromatic heterocycles. The fourth-order valence-corrected chi connectivity index (χ4v) is 4.52. The van der Waals surface area contributed by atoms with Gasteiger partial charge in [-0.3, -0.25) is 9.69 Å². The van der Waals surface area contributed by atoms with E-state index >= 15 is 0 Å². The van der Waals surface area contributed by atoms with Gasteiger partial charge in [0.25, 0.3) is 5.91 Å². The van der Waals surface area contributed by atoms with Gasteiger partial charge in [0.2, 0.25) is 0 Å². The second-order valence-corrected chi connectivity index (χ2v) is 7.93. The van der Waals surface area contributed by atoms with Crippen molar-refractivity contribution in [1.82, 2.24) is 24.6 Å². The highest BCUT2D eigenvalue weighted by Gasteiger charge is 2.36. The highest BCUT2D eigenvalue weighted by molar-refractivity contribution is 6.01. The Balaban J connectivity index is 1.48. The number of carbonyl (C=O) groups is 1. The van der Waals surface area contributed by atoms with Gasteiger partial charge >= 0.3 is 0 Å². The van der Waals surface area contributed by atoms with Crippen LogP contribution in [0.3, 0.4) is 0 Å². The Morgan fingerprint density at radius 1 is 0.966 bits per heavy atom. The first kappa shape index (κ1) is 18.1. The molecule has 5 rings (SSSR count). The monoisotopic (exact) mass is 387 g/mol. The van der Waals surface area contributed by atoms with Crippen molar-refractivity contribution >= 4 is 5.91 Å². The molecule has 0 spiro atoms.